The molecule has 1 amide bonds. The highest BCUT2D eigenvalue weighted by atomic mass is 16.5. The maximum atomic E-state index is 12.2. The van der Waals surface area contributed by atoms with Crippen molar-refractivity contribution < 1.29 is 14.3 Å². The molecule has 19 heavy (non-hydrogen) atoms. The Labute approximate surface area is 112 Å². The molecular formula is C14H18N2O3. The first-order valence-electron chi connectivity index (χ1n) is 6.07. The number of carbonyl (C=O) groups excluding carboxylic acids is 2. The quantitative estimate of drug-likeness (QED) is 0.577. The molecule has 0 fully saturated rings. The third-order valence-electron chi connectivity index (χ3n) is 2.42. The van der Waals surface area contributed by atoms with Crippen LogP contribution in [0.15, 0.2) is 31.0 Å². The van der Waals surface area contributed by atoms with E-state index in [-0.39, 0.29) is 19.0 Å². The van der Waals surface area contributed by atoms with Crippen molar-refractivity contribution in [1.29, 1.82) is 0 Å². The normalized spacial score (nSPS) is 9.79. The average molecular weight is 262 g/mol. The van der Waals surface area contributed by atoms with Crippen molar-refractivity contribution in [2.75, 3.05) is 19.7 Å². The average Bonchev–Trinajstić information content (AvgIpc) is 2.38. The van der Waals surface area contributed by atoms with Crippen molar-refractivity contribution in [3.8, 4) is 0 Å². The van der Waals surface area contributed by atoms with Crippen LogP contribution in [0.3, 0.4) is 0 Å². The lowest BCUT2D eigenvalue weighted by atomic mass is 10.2. The van der Waals surface area contributed by atoms with Crippen LogP contribution < -0.4 is 0 Å². The number of amides is 1. The summed E-state index contributed by atoms with van der Waals surface area (Å²) >= 11 is 0. The van der Waals surface area contributed by atoms with Gasteiger partial charge in [-0.25, -0.2) is 0 Å². The third-order valence-corrected chi connectivity index (χ3v) is 2.42. The number of nitrogens with zero attached hydrogens (tertiary/aromatic N) is 2. The Kier molecular flexibility index (Phi) is 5.73. The summed E-state index contributed by atoms with van der Waals surface area (Å²) in [4.78, 5) is 29.1. The van der Waals surface area contributed by atoms with Crippen LogP contribution in [0.25, 0.3) is 0 Å². The summed E-state index contributed by atoms with van der Waals surface area (Å²) in [5, 5.41) is 0. The Morgan fingerprint density at radius 3 is 2.74 bits per heavy atom. The largest absolute Gasteiger partial charge is 0.465 e. The van der Waals surface area contributed by atoms with Crippen LogP contribution in [0.4, 0.5) is 0 Å². The zero-order valence-corrected chi connectivity index (χ0v) is 11.3. The van der Waals surface area contributed by atoms with Crippen molar-refractivity contribution in [2.45, 2.75) is 13.8 Å². The highest BCUT2D eigenvalue weighted by molar-refractivity contribution is 5.95. The van der Waals surface area contributed by atoms with Crippen LogP contribution in [0.1, 0.15) is 23.0 Å². The number of ether oxygens (including phenoxy) is 1. The zero-order chi connectivity index (χ0) is 14.3. The summed E-state index contributed by atoms with van der Waals surface area (Å²) in [6, 6.07) is 3.44. The van der Waals surface area contributed by atoms with Gasteiger partial charge >= 0.3 is 5.97 Å². The van der Waals surface area contributed by atoms with E-state index < -0.39 is 5.97 Å². The molecule has 0 aliphatic carbocycles. The Bertz CT molecular complexity index is 454. The van der Waals surface area contributed by atoms with Crippen LogP contribution in [0.2, 0.25) is 0 Å². The number of aromatic nitrogens is 1. The molecule has 0 saturated heterocycles. The molecule has 0 atom stereocenters. The van der Waals surface area contributed by atoms with Crippen molar-refractivity contribution >= 4 is 11.9 Å². The first kappa shape index (κ1) is 14.9. The van der Waals surface area contributed by atoms with E-state index in [0.717, 1.165) is 5.69 Å². The van der Waals surface area contributed by atoms with Crippen LogP contribution in [0, 0.1) is 6.92 Å². The molecule has 0 spiro atoms. The molecule has 5 heteroatoms. The Balaban J connectivity index is 2.80. The smallest absolute Gasteiger partial charge is 0.325 e. The fourth-order valence-electron chi connectivity index (χ4n) is 1.51. The van der Waals surface area contributed by atoms with E-state index in [4.69, 9.17) is 4.74 Å². The summed E-state index contributed by atoms with van der Waals surface area (Å²) in [6.45, 7) is 7.63. The molecule has 0 radical (unpaired) electrons. The van der Waals surface area contributed by atoms with Crippen LogP contribution in [-0.4, -0.2) is 41.5 Å². The number of esters is 1. The van der Waals surface area contributed by atoms with E-state index in [2.05, 4.69) is 11.6 Å². The van der Waals surface area contributed by atoms with Gasteiger partial charge in [-0.15, -0.1) is 6.58 Å². The molecule has 0 unspecified atom stereocenters. The first-order valence-corrected chi connectivity index (χ1v) is 6.07. The Morgan fingerprint density at radius 2 is 2.21 bits per heavy atom. The molecule has 1 rings (SSSR count). The van der Waals surface area contributed by atoms with E-state index >= 15 is 0 Å². The lowest BCUT2D eigenvalue weighted by Gasteiger charge is -2.19. The minimum Gasteiger partial charge on any atom is -0.465 e. The minimum atomic E-state index is -0.433. The van der Waals surface area contributed by atoms with Crippen molar-refractivity contribution in [2.24, 2.45) is 0 Å². The standard InChI is InChI=1S/C14H18N2O3/c1-4-8-16(10-13(17)19-5-2)14(18)12-7-6-11(3)15-9-12/h4,6-7,9H,1,5,8,10H2,2-3H3. The monoisotopic (exact) mass is 262 g/mol. The Morgan fingerprint density at radius 1 is 1.47 bits per heavy atom. The summed E-state index contributed by atoms with van der Waals surface area (Å²) in [6.07, 6.45) is 3.07. The van der Waals surface area contributed by atoms with E-state index in [1.165, 1.54) is 11.1 Å². The van der Waals surface area contributed by atoms with Crippen LogP contribution in [0.5, 0.6) is 0 Å². The predicted octanol–water partition coefficient (Wildman–Crippen LogP) is 1.58. The van der Waals surface area contributed by atoms with Gasteiger partial charge in [0.1, 0.15) is 6.54 Å². The highest BCUT2D eigenvalue weighted by Gasteiger charge is 2.18. The summed E-state index contributed by atoms with van der Waals surface area (Å²) < 4.78 is 4.84. The SMILES string of the molecule is C=CCN(CC(=O)OCC)C(=O)c1ccc(C)nc1. The molecule has 0 aliphatic heterocycles. The van der Waals surface area contributed by atoms with Gasteiger partial charge in [-0.3, -0.25) is 14.6 Å². The zero-order valence-electron chi connectivity index (χ0n) is 11.3. The van der Waals surface area contributed by atoms with E-state index in [9.17, 15) is 9.59 Å². The molecule has 0 aromatic carbocycles. The molecule has 0 N–H and O–H groups in total. The van der Waals surface area contributed by atoms with Gasteiger partial charge in [0.05, 0.1) is 12.2 Å². The number of hydrogen-bond acceptors (Lipinski definition) is 4. The Hall–Kier alpha value is -2.17. The summed E-state index contributed by atoms with van der Waals surface area (Å²) in [7, 11) is 0. The van der Waals surface area contributed by atoms with E-state index in [1.54, 1.807) is 25.1 Å². The highest BCUT2D eigenvalue weighted by Crippen LogP contribution is 2.05. The molecule has 0 bridgehead atoms. The second-order valence-electron chi connectivity index (χ2n) is 3.97. The number of pyridine rings is 1. The molecule has 0 saturated carbocycles. The van der Waals surface area contributed by atoms with Crippen molar-refractivity contribution in [3.63, 3.8) is 0 Å². The lowest BCUT2D eigenvalue weighted by molar-refractivity contribution is -0.143. The van der Waals surface area contributed by atoms with Crippen molar-refractivity contribution in [3.05, 3.63) is 42.2 Å². The third kappa shape index (κ3) is 4.54. The van der Waals surface area contributed by atoms with Gasteiger partial charge in [-0.2, -0.15) is 0 Å². The second-order valence-corrected chi connectivity index (χ2v) is 3.97. The van der Waals surface area contributed by atoms with Crippen LogP contribution >= 0.6 is 0 Å². The number of hydrogen-bond donors (Lipinski definition) is 0. The minimum absolute atomic E-state index is 0.0907. The van der Waals surface area contributed by atoms with Gasteiger partial charge in [0.2, 0.25) is 0 Å². The molecule has 1 heterocycles. The first-order chi connectivity index (χ1) is 9.08. The molecule has 1 aromatic heterocycles. The van der Waals surface area contributed by atoms with Gasteiger partial charge in [0.15, 0.2) is 0 Å². The molecule has 0 aliphatic rings. The fourth-order valence-corrected chi connectivity index (χ4v) is 1.51. The number of carbonyl (C=O) groups is 2. The van der Waals surface area contributed by atoms with Gasteiger partial charge in [0.25, 0.3) is 5.91 Å². The van der Waals surface area contributed by atoms with E-state index in [0.29, 0.717) is 12.2 Å². The number of aryl methyl sites for hydroxylation is 1. The van der Waals surface area contributed by atoms with Gasteiger partial charge in [0, 0.05) is 18.4 Å². The summed E-state index contributed by atoms with van der Waals surface area (Å²) in [5.74, 6) is -0.696. The van der Waals surface area contributed by atoms with Gasteiger partial charge in [-0.1, -0.05) is 6.08 Å². The molecular weight excluding hydrogens is 244 g/mol. The van der Waals surface area contributed by atoms with E-state index in [1.807, 2.05) is 6.92 Å². The van der Waals surface area contributed by atoms with Gasteiger partial charge < -0.3 is 9.64 Å². The fraction of sp³-hybridized carbons (Fsp3) is 0.357. The molecule has 1 aromatic rings. The lowest BCUT2D eigenvalue weighted by Crippen LogP contribution is -2.36. The number of rotatable bonds is 6. The summed E-state index contributed by atoms with van der Waals surface area (Å²) in [5.41, 5.74) is 1.27. The maximum Gasteiger partial charge on any atom is 0.325 e. The second kappa shape index (κ2) is 7.31. The topological polar surface area (TPSA) is 59.5 Å². The van der Waals surface area contributed by atoms with Crippen LogP contribution in [-0.2, 0) is 9.53 Å². The van der Waals surface area contributed by atoms with Crippen molar-refractivity contribution in [1.82, 2.24) is 9.88 Å². The van der Waals surface area contributed by atoms with Gasteiger partial charge in [-0.05, 0) is 26.0 Å². The molecule has 102 valence electrons. The predicted molar refractivity (Wildman–Crippen MR) is 71.7 cm³/mol. The molecule has 5 nitrogen and oxygen atoms in total. The maximum absolute atomic E-state index is 12.2.